The van der Waals surface area contributed by atoms with Crippen LogP contribution in [-0.4, -0.2) is 24.5 Å². The number of alkyl halides is 2. The largest absolute Gasteiger partial charge is 0.282 e. The summed E-state index contributed by atoms with van der Waals surface area (Å²) < 4.78 is 91.8. The van der Waals surface area contributed by atoms with Gasteiger partial charge in [0.15, 0.2) is 9.84 Å². The van der Waals surface area contributed by atoms with Crippen LogP contribution in [0.3, 0.4) is 0 Å². The van der Waals surface area contributed by atoms with Crippen LogP contribution in [0.2, 0.25) is 0 Å². The van der Waals surface area contributed by atoms with Crippen molar-refractivity contribution in [2.24, 2.45) is 0 Å². The summed E-state index contributed by atoms with van der Waals surface area (Å²) in [7, 11) is -4.19. The molecule has 0 N–H and O–H groups in total. The molecule has 0 saturated carbocycles. The van der Waals surface area contributed by atoms with E-state index in [-0.39, 0.29) is 16.9 Å². The van der Waals surface area contributed by atoms with E-state index in [0.717, 1.165) is 22.9 Å². The van der Waals surface area contributed by atoms with Crippen molar-refractivity contribution in [2.45, 2.75) is 11.3 Å². The lowest BCUT2D eigenvalue weighted by Gasteiger charge is -2.10. The molecule has 4 nitrogen and oxygen atoms in total. The minimum Gasteiger partial charge on any atom is -0.232 e. The third kappa shape index (κ3) is 3.70. The fourth-order valence-corrected chi connectivity index (χ4v) is 3.41. The highest BCUT2D eigenvalue weighted by atomic mass is 32.2. The first-order chi connectivity index (χ1) is 12.6. The SMILES string of the molecule is CS(=O)(=O)c1c(F)cc(-n2nc(C(F)F)cc2-c2cccc(F)c2)cc1F. The normalized spacial score (nSPS) is 12.0. The van der Waals surface area contributed by atoms with E-state index in [0.29, 0.717) is 18.4 Å². The second-order valence-corrected chi connectivity index (χ2v) is 7.64. The Morgan fingerprint density at radius 3 is 2.15 bits per heavy atom. The molecule has 0 atom stereocenters. The summed E-state index contributed by atoms with van der Waals surface area (Å²) in [6.07, 6.45) is -2.35. The molecule has 27 heavy (non-hydrogen) atoms. The third-order valence-corrected chi connectivity index (χ3v) is 4.80. The molecule has 0 bridgehead atoms. The minimum atomic E-state index is -4.19. The summed E-state index contributed by atoms with van der Waals surface area (Å²) in [6.45, 7) is 0. The molecular formula is C17H11F5N2O2S. The first-order valence-electron chi connectivity index (χ1n) is 7.41. The molecule has 3 rings (SSSR count). The van der Waals surface area contributed by atoms with Crippen molar-refractivity contribution in [2.75, 3.05) is 6.26 Å². The smallest absolute Gasteiger partial charge is 0.232 e. The summed E-state index contributed by atoms with van der Waals surface area (Å²) in [4.78, 5) is -1.14. The van der Waals surface area contributed by atoms with Gasteiger partial charge in [-0.3, -0.25) is 0 Å². The average Bonchev–Trinajstić information content (AvgIpc) is 2.98. The van der Waals surface area contributed by atoms with Gasteiger partial charge in [0.25, 0.3) is 6.43 Å². The van der Waals surface area contributed by atoms with Gasteiger partial charge in [-0.25, -0.2) is 35.1 Å². The molecule has 2 aromatic carbocycles. The number of rotatable bonds is 4. The Balaban J connectivity index is 2.26. The van der Waals surface area contributed by atoms with Gasteiger partial charge >= 0.3 is 0 Å². The minimum absolute atomic E-state index is 0.0456. The van der Waals surface area contributed by atoms with Crippen LogP contribution in [-0.2, 0) is 9.84 Å². The molecule has 0 spiro atoms. The molecule has 3 aromatic rings. The number of benzene rings is 2. The van der Waals surface area contributed by atoms with Gasteiger partial charge in [0.2, 0.25) is 0 Å². The highest BCUT2D eigenvalue weighted by Gasteiger charge is 2.24. The Morgan fingerprint density at radius 2 is 1.63 bits per heavy atom. The molecule has 0 aliphatic carbocycles. The van der Waals surface area contributed by atoms with Crippen molar-refractivity contribution in [3.63, 3.8) is 0 Å². The van der Waals surface area contributed by atoms with Crippen LogP contribution in [0, 0.1) is 17.5 Å². The number of nitrogens with zero attached hydrogens (tertiary/aromatic N) is 2. The predicted molar refractivity (Wildman–Crippen MR) is 86.9 cm³/mol. The van der Waals surface area contributed by atoms with Crippen LogP contribution in [0.25, 0.3) is 16.9 Å². The molecule has 0 unspecified atom stereocenters. The van der Waals surface area contributed by atoms with Gasteiger partial charge in [0.1, 0.15) is 28.0 Å². The van der Waals surface area contributed by atoms with Crippen LogP contribution >= 0.6 is 0 Å². The zero-order valence-corrected chi connectivity index (χ0v) is 14.4. The van der Waals surface area contributed by atoms with Gasteiger partial charge < -0.3 is 0 Å². The standard InChI is InChI=1S/C17H11F5N2O2S/c1-27(25,26)16-12(19)6-11(7-13(16)20)24-15(8-14(23-24)17(21)22)9-3-2-4-10(18)5-9/h2-8,17H,1H3. The van der Waals surface area contributed by atoms with Gasteiger partial charge in [-0.15, -0.1) is 0 Å². The van der Waals surface area contributed by atoms with E-state index in [1.165, 1.54) is 12.1 Å². The van der Waals surface area contributed by atoms with Gasteiger partial charge in [-0.05, 0) is 18.2 Å². The average molecular weight is 402 g/mol. The first kappa shape index (κ1) is 19.0. The van der Waals surface area contributed by atoms with Crippen molar-refractivity contribution >= 4 is 9.84 Å². The summed E-state index contributed by atoms with van der Waals surface area (Å²) in [5, 5.41) is 3.62. The van der Waals surface area contributed by atoms with Crippen LogP contribution in [0.15, 0.2) is 47.4 Å². The van der Waals surface area contributed by atoms with Crippen molar-refractivity contribution in [3.8, 4) is 16.9 Å². The maximum atomic E-state index is 14.2. The van der Waals surface area contributed by atoms with E-state index in [1.54, 1.807) is 0 Å². The van der Waals surface area contributed by atoms with Crippen LogP contribution in [0.1, 0.15) is 12.1 Å². The van der Waals surface area contributed by atoms with E-state index in [9.17, 15) is 30.4 Å². The summed E-state index contributed by atoms with van der Waals surface area (Å²) in [5.41, 5.74) is -0.927. The Labute approximate surface area is 150 Å². The molecule has 142 valence electrons. The second kappa shape index (κ2) is 6.76. The molecule has 1 heterocycles. The highest BCUT2D eigenvalue weighted by molar-refractivity contribution is 7.90. The molecule has 10 heteroatoms. The number of sulfone groups is 1. The van der Waals surface area contributed by atoms with Gasteiger partial charge in [-0.1, -0.05) is 12.1 Å². The quantitative estimate of drug-likeness (QED) is 0.612. The predicted octanol–water partition coefficient (Wildman–Crippen LogP) is 4.30. The number of hydrogen-bond acceptors (Lipinski definition) is 3. The number of aromatic nitrogens is 2. The maximum Gasteiger partial charge on any atom is 0.282 e. The van der Waals surface area contributed by atoms with E-state index in [1.807, 2.05) is 0 Å². The van der Waals surface area contributed by atoms with Crippen LogP contribution < -0.4 is 0 Å². The Hall–Kier alpha value is -2.75. The Kier molecular flexibility index (Phi) is 4.77. The molecule has 0 fully saturated rings. The van der Waals surface area contributed by atoms with E-state index >= 15 is 0 Å². The summed E-state index contributed by atoms with van der Waals surface area (Å²) in [5.74, 6) is -3.44. The maximum absolute atomic E-state index is 14.2. The number of hydrogen-bond donors (Lipinski definition) is 0. The monoisotopic (exact) mass is 402 g/mol. The van der Waals surface area contributed by atoms with Crippen molar-refractivity contribution in [1.82, 2.24) is 9.78 Å². The summed E-state index contributed by atoms with van der Waals surface area (Å²) in [6, 6.07) is 7.19. The van der Waals surface area contributed by atoms with Crippen molar-refractivity contribution in [1.29, 1.82) is 0 Å². The zero-order chi connectivity index (χ0) is 19.9. The molecule has 0 aliphatic rings. The zero-order valence-electron chi connectivity index (χ0n) is 13.6. The van der Waals surface area contributed by atoms with E-state index in [2.05, 4.69) is 5.10 Å². The highest BCUT2D eigenvalue weighted by Crippen LogP contribution is 2.30. The summed E-state index contributed by atoms with van der Waals surface area (Å²) >= 11 is 0. The molecule has 0 saturated heterocycles. The molecule has 0 aliphatic heterocycles. The lowest BCUT2D eigenvalue weighted by molar-refractivity contribution is 0.145. The molecule has 0 radical (unpaired) electrons. The Bertz CT molecular complexity index is 1100. The lowest BCUT2D eigenvalue weighted by Crippen LogP contribution is -2.08. The lowest BCUT2D eigenvalue weighted by atomic mass is 10.1. The van der Waals surface area contributed by atoms with E-state index < -0.39 is 44.3 Å². The van der Waals surface area contributed by atoms with Crippen molar-refractivity contribution in [3.05, 3.63) is 65.6 Å². The second-order valence-electron chi connectivity index (χ2n) is 5.69. The van der Waals surface area contributed by atoms with Crippen LogP contribution in [0.5, 0.6) is 0 Å². The molecular weight excluding hydrogens is 391 g/mol. The fraction of sp³-hybridized carbons (Fsp3) is 0.118. The van der Waals surface area contributed by atoms with Crippen molar-refractivity contribution < 1.29 is 30.4 Å². The van der Waals surface area contributed by atoms with Gasteiger partial charge in [-0.2, -0.15) is 5.10 Å². The molecule has 0 amide bonds. The van der Waals surface area contributed by atoms with Gasteiger partial charge in [0.05, 0.1) is 11.4 Å². The molecule has 1 aromatic heterocycles. The van der Waals surface area contributed by atoms with E-state index in [4.69, 9.17) is 0 Å². The van der Waals surface area contributed by atoms with Gasteiger partial charge in [0, 0.05) is 24.0 Å². The first-order valence-corrected chi connectivity index (χ1v) is 9.30. The third-order valence-electron chi connectivity index (χ3n) is 3.67. The Morgan fingerprint density at radius 1 is 1.00 bits per heavy atom. The fourth-order valence-electron chi connectivity index (χ4n) is 2.58. The van der Waals surface area contributed by atoms with Crippen LogP contribution in [0.4, 0.5) is 22.0 Å². The topological polar surface area (TPSA) is 52.0 Å². The number of halogens is 5.